The molecule has 1 aliphatic rings. The number of nitrogens with zero attached hydrogens (tertiary/aromatic N) is 5. The number of amides is 1. The summed E-state index contributed by atoms with van der Waals surface area (Å²) in [7, 11) is -2.36. The van der Waals surface area contributed by atoms with Gasteiger partial charge in [-0.3, -0.25) is 9.10 Å². The Labute approximate surface area is 222 Å². The van der Waals surface area contributed by atoms with E-state index in [1.54, 1.807) is 29.2 Å². The molecule has 15 heteroatoms. The Kier molecular flexibility index (Phi) is 7.92. The zero-order chi connectivity index (χ0) is 28.4. The lowest BCUT2D eigenvalue weighted by atomic mass is 10.2. The highest BCUT2D eigenvalue weighted by molar-refractivity contribution is 7.92. The Morgan fingerprint density at radius 1 is 1.21 bits per heavy atom. The van der Waals surface area contributed by atoms with Crippen LogP contribution in [0.5, 0.6) is 0 Å². The molecule has 1 saturated heterocycles. The molecule has 208 valence electrons. The molecule has 1 amide bonds. The molecule has 0 aliphatic carbocycles. The molecule has 4 rings (SSSR count). The van der Waals surface area contributed by atoms with Crippen molar-refractivity contribution in [2.45, 2.75) is 25.2 Å². The maximum atomic E-state index is 13.7. The predicted octanol–water partition coefficient (Wildman–Crippen LogP) is 2.85. The number of hydrogen-bond acceptors (Lipinski definition) is 9. The molecule has 0 unspecified atom stereocenters. The van der Waals surface area contributed by atoms with E-state index in [2.05, 4.69) is 25.6 Å². The molecule has 0 spiro atoms. The lowest BCUT2D eigenvalue weighted by molar-refractivity contribution is -0.137. The molecule has 0 radical (unpaired) electrons. The van der Waals surface area contributed by atoms with Crippen LogP contribution in [-0.2, 0) is 22.7 Å². The number of carbonyl (C=O) groups excluding carboxylic acids is 1. The number of aromatic nitrogens is 3. The number of rotatable bonds is 8. The zero-order valence-corrected chi connectivity index (χ0v) is 21.8. The molecule has 3 heterocycles. The quantitative estimate of drug-likeness (QED) is 0.376. The Morgan fingerprint density at radius 3 is 2.54 bits per heavy atom. The fourth-order valence-corrected chi connectivity index (χ4v) is 4.38. The molecule has 0 saturated carbocycles. The van der Waals surface area contributed by atoms with Gasteiger partial charge in [-0.15, -0.1) is 0 Å². The highest BCUT2D eigenvalue weighted by atomic mass is 32.2. The number of alkyl halides is 3. The highest BCUT2D eigenvalue weighted by Gasteiger charge is 2.35. The lowest BCUT2D eigenvalue weighted by Gasteiger charge is -2.20. The largest absolute Gasteiger partial charge is 0.421 e. The Bertz CT molecular complexity index is 1450. The van der Waals surface area contributed by atoms with Crippen LogP contribution in [0, 0.1) is 0 Å². The van der Waals surface area contributed by atoms with Crippen molar-refractivity contribution in [3.8, 4) is 0 Å². The predicted molar refractivity (Wildman–Crippen MR) is 138 cm³/mol. The van der Waals surface area contributed by atoms with Crippen LogP contribution in [0.3, 0.4) is 0 Å². The Balaban J connectivity index is 1.53. The standard InChI is InChI=1S/C24H26F3N7O4S/c1-33(39(2,37)38)21-16(4-3-10-28-21)12-29-20-19(24(25,26)27)13-30-23(32-20)31-17-7-5-15(6-8-17)22(36)34-11-9-18(35)14-34/h3-8,10,13,18,35H,9,11-12,14H2,1-2H3,(H2,29,30,31,32)/t18-/m1/s1. The van der Waals surface area contributed by atoms with Gasteiger partial charge < -0.3 is 20.6 Å². The normalized spacial score (nSPS) is 15.7. The monoisotopic (exact) mass is 565 g/mol. The summed E-state index contributed by atoms with van der Waals surface area (Å²) >= 11 is 0. The van der Waals surface area contributed by atoms with Crippen LogP contribution in [-0.4, -0.2) is 71.8 Å². The van der Waals surface area contributed by atoms with Crippen molar-refractivity contribution in [2.24, 2.45) is 0 Å². The van der Waals surface area contributed by atoms with Gasteiger partial charge in [0.2, 0.25) is 16.0 Å². The van der Waals surface area contributed by atoms with Gasteiger partial charge in [0.15, 0.2) is 0 Å². The average molecular weight is 566 g/mol. The fourth-order valence-electron chi connectivity index (χ4n) is 3.91. The van der Waals surface area contributed by atoms with Gasteiger partial charge in [-0.2, -0.15) is 18.2 Å². The molecule has 3 N–H and O–H groups in total. The van der Waals surface area contributed by atoms with Gasteiger partial charge in [-0.05, 0) is 36.8 Å². The summed E-state index contributed by atoms with van der Waals surface area (Å²) in [5.74, 6) is -0.818. The van der Waals surface area contributed by atoms with E-state index in [-0.39, 0.29) is 30.8 Å². The molecule has 2 aromatic heterocycles. The second-order valence-corrected chi connectivity index (χ2v) is 10.9. The lowest BCUT2D eigenvalue weighted by Crippen LogP contribution is -2.29. The number of halogens is 3. The molecule has 1 aliphatic heterocycles. The number of hydrogen-bond donors (Lipinski definition) is 3. The smallest absolute Gasteiger partial charge is 0.391 e. The summed E-state index contributed by atoms with van der Waals surface area (Å²) in [6.45, 7) is 0.518. The van der Waals surface area contributed by atoms with Crippen LogP contribution in [0.4, 0.5) is 36.4 Å². The maximum absolute atomic E-state index is 13.7. The second-order valence-electron chi connectivity index (χ2n) is 8.92. The number of pyridine rings is 1. The Hall–Kier alpha value is -3.98. The SMILES string of the molecule is CN(c1ncccc1CNc1nc(Nc2ccc(C(=O)N3CC[C@@H](O)C3)cc2)ncc1C(F)(F)F)S(C)(=O)=O. The van der Waals surface area contributed by atoms with Gasteiger partial charge in [-0.25, -0.2) is 18.4 Å². The molecule has 0 bridgehead atoms. The van der Waals surface area contributed by atoms with Crippen molar-refractivity contribution in [3.63, 3.8) is 0 Å². The first kappa shape index (κ1) is 28.0. The maximum Gasteiger partial charge on any atom is 0.421 e. The molecule has 11 nitrogen and oxygen atoms in total. The van der Waals surface area contributed by atoms with Gasteiger partial charge in [0.05, 0.1) is 12.4 Å². The van der Waals surface area contributed by atoms with Gasteiger partial charge in [-0.1, -0.05) is 6.07 Å². The summed E-state index contributed by atoms with van der Waals surface area (Å²) in [6, 6.07) is 9.32. The van der Waals surface area contributed by atoms with Crippen LogP contribution in [0.1, 0.15) is 27.9 Å². The molecule has 3 aromatic rings. The first-order valence-corrected chi connectivity index (χ1v) is 13.6. The van der Waals surface area contributed by atoms with Crippen molar-refractivity contribution < 1.29 is 31.5 Å². The highest BCUT2D eigenvalue weighted by Crippen LogP contribution is 2.34. The fraction of sp³-hybridized carbons (Fsp3) is 0.333. The van der Waals surface area contributed by atoms with Crippen LogP contribution < -0.4 is 14.9 Å². The summed E-state index contributed by atoms with van der Waals surface area (Å²) in [5, 5.41) is 15.1. The van der Waals surface area contributed by atoms with E-state index in [9.17, 15) is 31.5 Å². The summed E-state index contributed by atoms with van der Waals surface area (Å²) in [6.07, 6.45) is -1.78. The van der Waals surface area contributed by atoms with Crippen LogP contribution in [0.15, 0.2) is 48.8 Å². The first-order valence-electron chi connectivity index (χ1n) is 11.7. The molecular formula is C24H26F3N7O4S. The number of carbonyl (C=O) groups is 1. The minimum Gasteiger partial charge on any atom is -0.391 e. The van der Waals surface area contributed by atoms with E-state index in [4.69, 9.17) is 0 Å². The third kappa shape index (κ3) is 6.72. The van der Waals surface area contributed by atoms with Gasteiger partial charge in [0.1, 0.15) is 17.2 Å². The molecule has 1 atom stereocenters. The van der Waals surface area contributed by atoms with E-state index in [0.29, 0.717) is 36.0 Å². The van der Waals surface area contributed by atoms with Crippen molar-refractivity contribution in [1.29, 1.82) is 0 Å². The number of anilines is 4. The van der Waals surface area contributed by atoms with Crippen LogP contribution in [0.25, 0.3) is 0 Å². The summed E-state index contributed by atoms with van der Waals surface area (Å²) < 4.78 is 65.9. The summed E-state index contributed by atoms with van der Waals surface area (Å²) in [4.78, 5) is 25.9. The number of aliphatic hydroxyl groups excluding tert-OH is 1. The number of nitrogens with one attached hydrogen (secondary N) is 2. The molecule has 39 heavy (non-hydrogen) atoms. The van der Waals surface area contributed by atoms with Crippen molar-refractivity contribution in [2.75, 3.05) is 41.3 Å². The first-order chi connectivity index (χ1) is 18.3. The van der Waals surface area contributed by atoms with Crippen molar-refractivity contribution in [3.05, 3.63) is 65.5 Å². The van der Waals surface area contributed by atoms with Crippen molar-refractivity contribution in [1.82, 2.24) is 19.9 Å². The van der Waals surface area contributed by atoms with Crippen LogP contribution >= 0.6 is 0 Å². The third-order valence-electron chi connectivity index (χ3n) is 6.04. The van der Waals surface area contributed by atoms with E-state index in [1.807, 2.05) is 0 Å². The zero-order valence-electron chi connectivity index (χ0n) is 21.0. The summed E-state index contributed by atoms with van der Waals surface area (Å²) in [5.41, 5.74) is 0.0564. The van der Waals surface area contributed by atoms with Gasteiger partial charge in [0, 0.05) is 55.9 Å². The number of benzene rings is 1. The number of likely N-dealkylation sites (tertiary alicyclic amines) is 1. The number of aliphatic hydroxyl groups is 1. The van der Waals surface area contributed by atoms with Crippen molar-refractivity contribution >= 4 is 39.2 Å². The van der Waals surface area contributed by atoms with E-state index in [0.717, 1.165) is 10.6 Å². The number of sulfonamides is 1. The van der Waals surface area contributed by atoms with Crippen LogP contribution in [0.2, 0.25) is 0 Å². The molecular weight excluding hydrogens is 539 g/mol. The molecule has 1 fully saturated rings. The minimum absolute atomic E-state index is 0.0616. The van der Waals surface area contributed by atoms with E-state index in [1.165, 1.54) is 25.4 Å². The third-order valence-corrected chi connectivity index (χ3v) is 7.21. The van der Waals surface area contributed by atoms with Gasteiger partial charge in [0.25, 0.3) is 5.91 Å². The Morgan fingerprint density at radius 2 is 1.92 bits per heavy atom. The second kappa shape index (κ2) is 11.0. The average Bonchev–Trinajstić information content (AvgIpc) is 3.32. The van der Waals surface area contributed by atoms with E-state index >= 15 is 0 Å². The topological polar surface area (TPSA) is 141 Å². The minimum atomic E-state index is -4.76. The van der Waals surface area contributed by atoms with Gasteiger partial charge >= 0.3 is 6.18 Å². The number of β-amino-alcohol motifs (C(OH)–C–C–N with tert-alkyl or cyclic N) is 1. The van der Waals surface area contributed by atoms with E-state index < -0.39 is 33.7 Å². The molecule has 1 aromatic carbocycles.